The number of ketones is 1. The molecule has 7 N–H and O–H groups in total. The van der Waals surface area contributed by atoms with Gasteiger partial charge in [-0.2, -0.15) is 0 Å². The summed E-state index contributed by atoms with van der Waals surface area (Å²) in [7, 11) is 0. The van der Waals surface area contributed by atoms with Crippen molar-refractivity contribution < 1.29 is 45.3 Å². The van der Waals surface area contributed by atoms with Gasteiger partial charge in [0.25, 0.3) is 0 Å². The highest BCUT2D eigenvalue weighted by molar-refractivity contribution is 6.31. The Morgan fingerprint density at radius 1 is 0.889 bits per heavy atom. The molecule has 2 fully saturated rings. The van der Waals surface area contributed by atoms with E-state index in [-0.39, 0.29) is 38.1 Å². The van der Waals surface area contributed by atoms with Crippen molar-refractivity contribution in [3.63, 3.8) is 0 Å². The molecule has 13 heteroatoms. The first-order chi connectivity index (χ1) is 21.5. The molecular formula is C32H40ClN3O9. The van der Waals surface area contributed by atoms with Crippen molar-refractivity contribution in [2.75, 3.05) is 13.2 Å². The number of hydrogen-bond donors (Lipinski definition) is 7. The Bertz CT molecular complexity index is 1450. The molecule has 1 saturated heterocycles. The molecule has 10 atom stereocenters. The second-order valence-electron chi connectivity index (χ2n) is 12.1. The van der Waals surface area contributed by atoms with E-state index in [4.69, 9.17) is 16.3 Å². The van der Waals surface area contributed by atoms with E-state index in [9.17, 15) is 40.5 Å². The number of rotatable bonds is 10. The Morgan fingerprint density at radius 2 is 1.60 bits per heavy atom. The van der Waals surface area contributed by atoms with E-state index in [1.54, 1.807) is 54.0 Å². The van der Waals surface area contributed by atoms with E-state index in [0.717, 1.165) is 0 Å². The van der Waals surface area contributed by atoms with Gasteiger partial charge in [-0.15, -0.1) is 10.2 Å². The predicted molar refractivity (Wildman–Crippen MR) is 162 cm³/mol. The lowest BCUT2D eigenvalue weighted by atomic mass is 9.70. The third kappa shape index (κ3) is 6.85. The van der Waals surface area contributed by atoms with Gasteiger partial charge >= 0.3 is 0 Å². The van der Waals surface area contributed by atoms with Crippen LogP contribution in [0.25, 0.3) is 5.69 Å². The third-order valence-electron chi connectivity index (χ3n) is 9.28. The van der Waals surface area contributed by atoms with Crippen LogP contribution in [0.3, 0.4) is 0 Å². The first-order valence-corrected chi connectivity index (χ1v) is 15.5. The average molecular weight is 646 g/mol. The third-order valence-corrected chi connectivity index (χ3v) is 9.52. The quantitative estimate of drug-likeness (QED) is 0.152. The Labute approximate surface area is 265 Å². The first kappa shape index (κ1) is 33.6. The average Bonchev–Trinajstić information content (AvgIpc) is 3.42. The lowest BCUT2D eigenvalue weighted by Gasteiger charge is -2.46. The Morgan fingerprint density at radius 3 is 2.29 bits per heavy atom. The molecule has 0 radical (unpaired) electrons. The fourth-order valence-corrected chi connectivity index (χ4v) is 6.96. The van der Waals surface area contributed by atoms with Crippen molar-refractivity contribution in [1.82, 2.24) is 14.8 Å². The highest BCUT2D eigenvalue weighted by Gasteiger charge is 2.48. The van der Waals surface area contributed by atoms with E-state index in [2.05, 4.69) is 10.2 Å². The fourth-order valence-electron chi connectivity index (χ4n) is 6.79. The number of aliphatic hydroxyl groups excluding tert-OH is 7. The van der Waals surface area contributed by atoms with Crippen LogP contribution in [-0.2, 0) is 11.2 Å². The van der Waals surface area contributed by atoms with Crippen molar-refractivity contribution in [2.45, 2.75) is 75.3 Å². The predicted octanol–water partition coefficient (Wildman–Crippen LogP) is 0.592. The van der Waals surface area contributed by atoms with Gasteiger partial charge in [-0.25, -0.2) is 0 Å². The van der Waals surface area contributed by atoms with E-state index in [1.165, 1.54) is 0 Å². The number of carbonyl (C=O) groups is 1. The number of nitrogens with zero attached hydrogens (tertiary/aromatic N) is 3. The van der Waals surface area contributed by atoms with Crippen LogP contribution in [0.4, 0.5) is 0 Å². The maximum Gasteiger partial charge on any atom is 0.195 e. The van der Waals surface area contributed by atoms with Crippen LogP contribution in [0.1, 0.15) is 46.8 Å². The van der Waals surface area contributed by atoms with E-state index in [0.29, 0.717) is 33.5 Å². The van der Waals surface area contributed by atoms with Gasteiger partial charge in [0.1, 0.15) is 23.9 Å². The van der Waals surface area contributed by atoms with E-state index in [1.807, 2.05) is 6.07 Å². The van der Waals surface area contributed by atoms with Crippen molar-refractivity contribution in [2.24, 2.45) is 17.8 Å². The first-order valence-electron chi connectivity index (χ1n) is 15.1. The van der Waals surface area contributed by atoms with Crippen molar-refractivity contribution in [3.05, 3.63) is 76.3 Å². The molecule has 5 rings (SSSR count). The molecule has 1 aliphatic carbocycles. The Kier molecular flexibility index (Phi) is 10.7. The zero-order valence-corrected chi connectivity index (χ0v) is 25.6. The standard InChI is InChI=1S/C32H40ClN3O9/c1-16-34-35-26(36(16)23-8-7-20(33)13-21(23)27(39)17-5-3-2-4-6-17)10-9-24-31(43)30(42)22(25(15-38)45-24)12-18-11-19(14-37)29(41)32(44)28(18)40/h2-8,13,18-19,22,24-25,28-32,37-38,40-44H,9-12,14-15H2,1H3. The molecule has 244 valence electrons. The molecule has 2 aromatic carbocycles. The SMILES string of the molecule is Cc1nnc(CCC2OC(CO)C(CC3CC(CO)C(O)C(O)C3O)C(O)C2O)n1-c1ccc(Cl)cc1C(=O)c1ccccc1. The molecule has 2 aliphatic rings. The topological polar surface area (TPSA) is 199 Å². The summed E-state index contributed by atoms with van der Waals surface area (Å²) in [6.45, 7) is 0.898. The Hall–Kier alpha value is -2.78. The van der Waals surface area contributed by atoms with Gasteiger partial charge < -0.3 is 40.5 Å². The van der Waals surface area contributed by atoms with Crippen LogP contribution in [0.5, 0.6) is 0 Å². The fraction of sp³-hybridized carbons (Fsp3) is 0.531. The molecule has 3 aromatic rings. The second kappa shape index (κ2) is 14.3. The smallest absolute Gasteiger partial charge is 0.195 e. The minimum absolute atomic E-state index is 0.0833. The van der Waals surface area contributed by atoms with Gasteiger partial charge in [0.05, 0.1) is 42.8 Å². The minimum atomic E-state index is -1.47. The van der Waals surface area contributed by atoms with E-state index < -0.39 is 67.1 Å². The summed E-state index contributed by atoms with van der Waals surface area (Å²) in [6, 6.07) is 13.8. The molecule has 1 aliphatic heterocycles. The number of benzene rings is 2. The highest BCUT2D eigenvalue weighted by atomic mass is 35.5. The maximum atomic E-state index is 13.5. The number of ether oxygens (including phenoxy) is 1. The van der Waals surface area contributed by atoms with Crippen LogP contribution in [-0.4, -0.2) is 112 Å². The molecule has 1 aromatic heterocycles. The summed E-state index contributed by atoms with van der Waals surface area (Å²) in [6.07, 6.45) is -7.81. The minimum Gasteiger partial charge on any atom is -0.396 e. The normalized spacial score (nSPS) is 32.0. The lowest BCUT2D eigenvalue weighted by molar-refractivity contribution is -0.219. The van der Waals surface area contributed by atoms with E-state index >= 15 is 0 Å². The van der Waals surface area contributed by atoms with Crippen LogP contribution in [0, 0.1) is 24.7 Å². The molecular weight excluding hydrogens is 606 g/mol. The van der Waals surface area contributed by atoms with Gasteiger partial charge in [0.15, 0.2) is 5.78 Å². The number of aryl methyl sites for hydroxylation is 2. The second-order valence-corrected chi connectivity index (χ2v) is 12.5. The van der Waals surface area contributed by atoms with Crippen molar-refractivity contribution in [3.8, 4) is 5.69 Å². The zero-order valence-electron chi connectivity index (χ0n) is 24.8. The van der Waals surface area contributed by atoms with Gasteiger partial charge in [-0.3, -0.25) is 9.36 Å². The molecule has 2 heterocycles. The van der Waals surface area contributed by atoms with Crippen LogP contribution < -0.4 is 0 Å². The summed E-state index contributed by atoms with van der Waals surface area (Å²) >= 11 is 6.29. The maximum absolute atomic E-state index is 13.5. The molecule has 12 nitrogen and oxygen atoms in total. The molecule has 10 unspecified atom stereocenters. The number of halogens is 1. The molecule has 0 amide bonds. The van der Waals surface area contributed by atoms with Crippen LogP contribution in [0.2, 0.25) is 5.02 Å². The summed E-state index contributed by atoms with van der Waals surface area (Å²) in [5.41, 5.74) is 1.38. The Balaban J connectivity index is 1.33. The summed E-state index contributed by atoms with van der Waals surface area (Å²) in [4.78, 5) is 13.5. The van der Waals surface area contributed by atoms with Crippen molar-refractivity contribution >= 4 is 17.4 Å². The molecule has 0 bridgehead atoms. The monoisotopic (exact) mass is 645 g/mol. The number of aromatic nitrogens is 3. The highest BCUT2D eigenvalue weighted by Crippen LogP contribution is 2.39. The largest absolute Gasteiger partial charge is 0.396 e. The lowest BCUT2D eigenvalue weighted by Crippen LogP contribution is -2.58. The van der Waals surface area contributed by atoms with Crippen LogP contribution >= 0.6 is 11.6 Å². The van der Waals surface area contributed by atoms with Crippen molar-refractivity contribution in [1.29, 1.82) is 0 Å². The number of aliphatic hydroxyl groups is 7. The summed E-state index contributed by atoms with van der Waals surface area (Å²) in [5, 5.41) is 82.0. The van der Waals surface area contributed by atoms with Gasteiger partial charge in [-0.1, -0.05) is 41.9 Å². The summed E-state index contributed by atoms with van der Waals surface area (Å²) < 4.78 is 7.83. The summed E-state index contributed by atoms with van der Waals surface area (Å²) in [5.74, 6) is -1.28. The zero-order chi connectivity index (χ0) is 32.4. The van der Waals surface area contributed by atoms with Gasteiger partial charge in [-0.05, 0) is 50.3 Å². The number of hydrogen-bond acceptors (Lipinski definition) is 11. The molecule has 45 heavy (non-hydrogen) atoms. The number of carbonyl (C=O) groups excluding carboxylic acids is 1. The molecule has 1 saturated carbocycles. The molecule has 0 spiro atoms. The van der Waals surface area contributed by atoms with Crippen LogP contribution in [0.15, 0.2) is 48.5 Å². The van der Waals surface area contributed by atoms with Gasteiger partial charge in [0.2, 0.25) is 0 Å². The van der Waals surface area contributed by atoms with Gasteiger partial charge in [0, 0.05) is 41.0 Å².